The number of alkyl halides is 2. The van der Waals surface area contributed by atoms with Gasteiger partial charge in [-0.25, -0.2) is 22.3 Å². The van der Waals surface area contributed by atoms with Crippen molar-refractivity contribution in [2.75, 3.05) is 10.5 Å². The number of pyridine rings is 1. The third kappa shape index (κ3) is 5.21. The van der Waals surface area contributed by atoms with Crippen LogP contribution in [0.3, 0.4) is 0 Å². The molecule has 3 heterocycles. The van der Waals surface area contributed by atoms with Gasteiger partial charge in [0.25, 0.3) is 10.0 Å². The summed E-state index contributed by atoms with van der Waals surface area (Å²) < 4.78 is 73.0. The highest BCUT2D eigenvalue weighted by molar-refractivity contribution is 7.93. The van der Waals surface area contributed by atoms with Gasteiger partial charge in [0.2, 0.25) is 0 Å². The Balaban J connectivity index is 1.61. The van der Waals surface area contributed by atoms with E-state index in [0.717, 1.165) is 5.56 Å². The van der Waals surface area contributed by atoms with Crippen molar-refractivity contribution in [3.05, 3.63) is 90.8 Å². The summed E-state index contributed by atoms with van der Waals surface area (Å²) in [6, 6.07) is 13.4. The summed E-state index contributed by atoms with van der Waals surface area (Å²) in [6.45, 7) is 1.66. The highest BCUT2D eigenvalue weighted by Gasteiger charge is 2.26. The molecule has 39 heavy (non-hydrogen) atoms. The van der Waals surface area contributed by atoms with E-state index < -0.39 is 27.7 Å². The minimum Gasteiger partial charge on any atom is -0.484 e. The van der Waals surface area contributed by atoms with E-state index in [0.29, 0.717) is 27.9 Å². The van der Waals surface area contributed by atoms with E-state index in [1.54, 1.807) is 48.4 Å². The zero-order valence-corrected chi connectivity index (χ0v) is 21.1. The predicted octanol–water partition coefficient (Wildman–Crippen LogP) is 5.28. The Bertz CT molecular complexity index is 1750. The maximum absolute atomic E-state index is 13.4. The van der Waals surface area contributed by atoms with Gasteiger partial charge < -0.3 is 10.5 Å². The van der Waals surface area contributed by atoms with Gasteiger partial charge in [-0.15, -0.1) is 0 Å². The highest BCUT2D eigenvalue weighted by Crippen LogP contribution is 2.38. The second-order valence-corrected chi connectivity index (χ2v) is 10.2. The lowest BCUT2D eigenvalue weighted by molar-refractivity contribution is 0.228. The van der Waals surface area contributed by atoms with E-state index in [2.05, 4.69) is 15.1 Å². The number of benzene rings is 2. The van der Waals surface area contributed by atoms with Crippen molar-refractivity contribution >= 4 is 27.0 Å². The lowest BCUT2D eigenvalue weighted by atomic mass is 10.1. The van der Waals surface area contributed by atoms with E-state index in [1.165, 1.54) is 42.5 Å². The van der Waals surface area contributed by atoms with E-state index in [9.17, 15) is 21.6 Å². The summed E-state index contributed by atoms with van der Waals surface area (Å²) in [5.74, 6) is -3.95. The maximum atomic E-state index is 13.4. The fraction of sp³-hybridized carbons (Fsp3) is 0.115. The summed E-state index contributed by atoms with van der Waals surface area (Å²) in [4.78, 5) is 8.33. The molecule has 0 amide bonds. The minimum absolute atomic E-state index is 0.0373. The van der Waals surface area contributed by atoms with Crippen LogP contribution in [0, 0.1) is 5.82 Å². The molecule has 13 heteroatoms. The summed E-state index contributed by atoms with van der Waals surface area (Å²) in [5.41, 5.74) is 9.56. The van der Waals surface area contributed by atoms with Crippen LogP contribution in [-0.2, 0) is 10.0 Å². The number of rotatable bonds is 8. The molecule has 0 bridgehead atoms. The predicted molar refractivity (Wildman–Crippen MR) is 140 cm³/mol. The lowest BCUT2D eigenvalue weighted by Crippen LogP contribution is -2.21. The Morgan fingerprint density at radius 1 is 1.00 bits per heavy atom. The van der Waals surface area contributed by atoms with Crippen LogP contribution in [0.5, 0.6) is 5.75 Å². The van der Waals surface area contributed by atoms with Crippen LogP contribution in [0.15, 0.2) is 79.4 Å². The fourth-order valence-electron chi connectivity index (χ4n) is 4.02. The standard InChI is InChI=1S/C26H21F3N6O3S/c1-15(16-2-5-19(27)6-3-16)38-23-12-18(4-7-21(23)34-39(36,37)26(28)29)20-13-33-35-22(14-32-25(30)24(20)35)17-8-10-31-11-9-17/h2-15,26,34H,1H3,(H2,30,32)/t15-/m0/s1. The molecule has 0 aliphatic rings. The third-order valence-corrected chi connectivity index (χ3v) is 6.94. The smallest absolute Gasteiger partial charge is 0.355 e. The number of sulfonamides is 1. The van der Waals surface area contributed by atoms with Gasteiger partial charge >= 0.3 is 5.76 Å². The lowest BCUT2D eigenvalue weighted by Gasteiger charge is -2.19. The molecule has 2 aromatic carbocycles. The quantitative estimate of drug-likeness (QED) is 0.267. The molecule has 5 aromatic rings. The van der Waals surface area contributed by atoms with Crippen LogP contribution in [0.4, 0.5) is 24.7 Å². The van der Waals surface area contributed by atoms with E-state index in [1.807, 2.05) is 4.72 Å². The molecule has 0 aliphatic heterocycles. The number of nitrogen functional groups attached to an aromatic ring is 1. The first kappa shape index (κ1) is 26.0. The number of nitrogens with zero attached hydrogens (tertiary/aromatic N) is 4. The van der Waals surface area contributed by atoms with Crippen molar-refractivity contribution in [3.8, 4) is 28.1 Å². The van der Waals surface area contributed by atoms with Gasteiger partial charge in [0.1, 0.15) is 29.0 Å². The first-order valence-corrected chi connectivity index (χ1v) is 13.1. The van der Waals surface area contributed by atoms with Crippen LogP contribution in [0.25, 0.3) is 27.9 Å². The summed E-state index contributed by atoms with van der Waals surface area (Å²) in [5, 5.41) is 4.47. The molecule has 0 aliphatic carbocycles. The molecule has 3 aromatic heterocycles. The number of fused-ring (bicyclic) bond motifs is 1. The summed E-state index contributed by atoms with van der Waals surface area (Å²) in [7, 11) is -4.99. The van der Waals surface area contributed by atoms with Crippen molar-refractivity contribution < 1.29 is 26.3 Å². The Morgan fingerprint density at radius 2 is 1.72 bits per heavy atom. The molecule has 0 saturated carbocycles. The van der Waals surface area contributed by atoms with E-state index >= 15 is 0 Å². The van der Waals surface area contributed by atoms with Gasteiger partial charge in [0.05, 0.1) is 23.8 Å². The normalized spacial score (nSPS) is 12.5. The topological polar surface area (TPSA) is 124 Å². The van der Waals surface area contributed by atoms with E-state index in [-0.39, 0.29) is 17.3 Å². The molecule has 3 N–H and O–H groups in total. The van der Waals surface area contributed by atoms with Crippen LogP contribution < -0.4 is 15.2 Å². The van der Waals surface area contributed by atoms with Crippen LogP contribution in [0.2, 0.25) is 0 Å². The average Bonchev–Trinajstić information content (AvgIpc) is 3.37. The minimum atomic E-state index is -4.99. The van der Waals surface area contributed by atoms with Gasteiger partial charge in [-0.05, 0) is 54.4 Å². The number of hydrogen-bond acceptors (Lipinski definition) is 7. The third-order valence-electron chi connectivity index (χ3n) is 5.96. The number of hydrogen-bond donors (Lipinski definition) is 2. The maximum Gasteiger partial charge on any atom is 0.355 e. The first-order chi connectivity index (χ1) is 18.6. The van der Waals surface area contributed by atoms with Gasteiger partial charge in [-0.2, -0.15) is 13.9 Å². The molecular weight excluding hydrogens is 533 g/mol. The molecule has 0 radical (unpaired) electrons. The molecular formula is C26H21F3N6O3S. The second-order valence-electron chi connectivity index (χ2n) is 8.51. The Hall–Kier alpha value is -4.65. The average molecular weight is 555 g/mol. The Labute approximate surface area is 221 Å². The Kier molecular flexibility index (Phi) is 6.83. The zero-order valence-electron chi connectivity index (χ0n) is 20.3. The first-order valence-electron chi connectivity index (χ1n) is 11.5. The second kappa shape index (κ2) is 10.3. The van der Waals surface area contributed by atoms with Crippen molar-refractivity contribution in [3.63, 3.8) is 0 Å². The number of nitrogens with two attached hydrogens (primary N) is 1. The molecule has 1 atom stereocenters. The number of halogens is 3. The molecule has 0 fully saturated rings. The largest absolute Gasteiger partial charge is 0.484 e. The van der Waals surface area contributed by atoms with Crippen LogP contribution in [0.1, 0.15) is 18.6 Å². The number of ether oxygens (including phenoxy) is 1. The number of anilines is 2. The molecule has 5 rings (SSSR count). The van der Waals surface area contributed by atoms with Crippen molar-refractivity contribution in [2.45, 2.75) is 18.8 Å². The molecule has 0 unspecified atom stereocenters. The summed E-state index contributed by atoms with van der Waals surface area (Å²) in [6.07, 6.45) is 5.71. The van der Waals surface area contributed by atoms with Crippen molar-refractivity contribution in [1.29, 1.82) is 0 Å². The molecule has 0 saturated heterocycles. The van der Waals surface area contributed by atoms with Crippen LogP contribution >= 0.6 is 0 Å². The van der Waals surface area contributed by atoms with Gasteiger partial charge in [-0.3, -0.25) is 9.71 Å². The molecule has 200 valence electrons. The highest BCUT2D eigenvalue weighted by atomic mass is 32.2. The number of nitrogens with one attached hydrogen (secondary N) is 1. The van der Waals surface area contributed by atoms with Crippen LogP contribution in [-0.4, -0.2) is 33.8 Å². The van der Waals surface area contributed by atoms with Crippen molar-refractivity contribution in [1.82, 2.24) is 19.6 Å². The molecule has 0 spiro atoms. The van der Waals surface area contributed by atoms with E-state index in [4.69, 9.17) is 10.5 Å². The zero-order chi connectivity index (χ0) is 27.7. The van der Waals surface area contributed by atoms with Gasteiger partial charge in [0.15, 0.2) is 0 Å². The summed E-state index contributed by atoms with van der Waals surface area (Å²) >= 11 is 0. The fourth-order valence-corrected chi connectivity index (χ4v) is 4.58. The van der Waals surface area contributed by atoms with Gasteiger partial charge in [0, 0.05) is 23.5 Å². The SMILES string of the molecule is C[C@H](Oc1cc(-c2cnn3c(-c4ccncc4)cnc(N)c23)ccc1NS(=O)(=O)C(F)F)c1ccc(F)cc1. The monoisotopic (exact) mass is 554 g/mol. The Morgan fingerprint density at radius 3 is 2.41 bits per heavy atom. The van der Waals surface area contributed by atoms with Crippen molar-refractivity contribution in [2.24, 2.45) is 0 Å². The number of aromatic nitrogens is 4. The van der Waals surface area contributed by atoms with Gasteiger partial charge in [-0.1, -0.05) is 18.2 Å². The molecule has 9 nitrogen and oxygen atoms in total.